The molecule has 1 fully saturated rings. The summed E-state index contributed by atoms with van der Waals surface area (Å²) in [5, 5.41) is 3.02. The highest BCUT2D eigenvalue weighted by molar-refractivity contribution is 8.15. The van der Waals surface area contributed by atoms with E-state index in [1.165, 1.54) is 35.2 Å². The van der Waals surface area contributed by atoms with E-state index in [1.54, 1.807) is 17.0 Å². The number of para-hydroxylation sites is 2. The van der Waals surface area contributed by atoms with Gasteiger partial charge >= 0.3 is 0 Å². The number of rotatable bonds is 5. The number of thioether (sulfide) groups is 1. The van der Waals surface area contributed by atoms with E-state index in [0.717, 1.165) is 10.2 Å². The number of carbonyl (C=O) groups excluding carboxylic acids is 2. The molecule has 1 aliphatic rings. The van der Waals surface area contributed by atoms with Gasteiger partial charge in [0.2, 0.25) is 16.9 Å². The Morgan fingerprint density at radius 1 is 1.24 bits per heavy atom. The number of benzene rings is 2. The summed E-state index contributed by atoms with van der Waals surface area (Å²) in [6.45, 7) is 2.30. The number of fused-ring (bicyclic) bond motifs is 1. The van der Waals surface area contributed by atoms with E-state index in [0.29, 0.717) is 16.8 Å². The lowest BCUT2D eigenvalue weighted by Crippen LogP contribution is -2.33. The molecule has 6 nitrogen and oxygen atoms in total. The maximum Gasteiger partial charge on any atom is 0.242 e. The first kappa shape index (κ1) is 19.5. The number of anilines is 1. The molecule has 0 aliphatic carbocycles. The van der Waals surface area contributed by atoms with Crippen LogP contribution in [0.1, 0.15) is 13.3 Å². The number of hydrogen-bond donors (Lipinski definition) is 1. The Labute approximate surface area is 174 Å². The van der Waals surface area contributed by atoms with Crippen LogP contribution in [0.5, 0.6) is 0 Å². The zero-order chi connectivity index (χ0) is 20.4. The van der Waals surface area contributed by atoms with Crippen LogP contribution in [0.3, 0.4) is 0 Å². The number of aliphatic imine (C=N–C) groups is 1. The van der Waals surface area contributed by atoms with Crippen LogP contribution >= 0.6 is 23.1 Å². The van der Waals surface area contributed by atoms with Gasteiger partial charge in [0.1, 0.15) is 11.1 Å². The average Bonchev–Trinajstić information content (AvgIpc) is 3.24. The molecule has 1 saturated heterocycles. The SMILES string of the molecule is CCN1C(=O)C(CC(=O)Nc2ccccc2F)S/C1=N\c1nc2ccccc2s1. The van der Waals surface area contributed by atoms with Crippen LogP contribution in [0.2, 0.25) is 0 Å². The molecule has 9 heteroatoms. The molecule has 2 heterocycles. The Morgan fingerprint density at radius 2 is 2.00 bits per heavy atom. The van der Waals surface area contributed by atoms with Gasteiger partial charge in [0.25, 0.3) is 0 Å². The van der Waals surface area contributed by atoms with Gasteiger partial charge in [-0.25, -0.2) is 9.37 Å². The van der Waals surface area contributed by atoms with E-state index >= 15 is 0 Å². The van der Waals surface area contributed by atoms with Crippen molar-refractivity contribution in [1.29, 1.82) is 0 Å². The van der Waals surface area contributed by atoms with Crippen LogP contribution in [0.15, 0.2) is 53.5 Å². The normalized spacial score (nSPS) is 18.0. The van der Waals surface area contributed by atoms with Crippen molar-refractivity contribution in [3.05, 3.63) is 54.3 Å². The van der Waals surface area contributed by atoms with Crippen molar-refractivity contribution in [2.75, 3.05) is 11.9 Å². The lowest BCUT2D eigenvalue weighted by atomic mass is 10.2. The molecule has 0 spiro atoms. The molecule has 148 valence electrons. The molecule has 0 radical (unpaired) electrons. The summed E-state index contributed by atoms with van der Waals surface area (Å²) in [5.74, 6) is -1.11. The number of aromatic nitrogens is 1. The minimum atomic E-state index is -0.602. The lowest BCUT2D eigenvalue weighted by molar-refractivity contribution is -0.128. The minimum Gasteiger partial charge on any atom is -0.324 e. The first-order valence-corrected chi connectivity index (χ1v) is 10.7. The standard InChI is InChI=1S/C20H17FN4O2S2/c1-2-25-18(27)16(11-17(26)22-13-8-4-3-7-12(13)21)29-20(25)24-19-23-14-9-5-6-10-15(14)28-19/h3-10,16H,2,11H2,1H3,(H,22,26)/b24-20-. The highest BCUT2D eigenvalue weighted by Gasteiger charge is 2.38. The Balaban J connectivity index is 1.50. The summed E-state index contributed by atoms with van der Waals surface area (Å²) in [4.78, 5) is 35.6. The zero-order valence-corrected chi connectivity index (χ0v) is 17.1. The quantitative estimate of drug-likeness (QED) is 0.653. The summed E-state index contributed by atoms with van der Waals surface area (Å²) < 4.78 is 14.7. The molecule has 4 rings (SSSR count). The smallest absolute Gasteiger partial charge is 0.242 e. The third-order valence-corrected chi connectivity index (χ3v) is 6.43. The van der Waals surface area contributed by atoms with Gasteiger partial charge in [-0.15, -0.1) is 0 Å². The van der Waals surface area contributed by atoms with Gasteiger partial charge in [0, 0.05) is 13.0 Å². The van der Waals surface area contributed by atoms with Crippen molar-refractivity contribution in [1.82, 2.24) is 9.88 Å². The molecule has 0 bridgehead atoms. The first-order valence-electron chi connectivity index (χ1n) is 9.02. The summed E-state index contributed by atoms with van der Waals surface area (Å²) >= 11 is 2.68. The van der Waals surface area contributed by atoms with Crippen LogP contribution in [0.4, 0.5) is 15.2 Å². The second-order valence-corrected chi connectivity index (χ2v) is 8.46. The molecule has 1 atom stereocenters. The van der Waals surface area contributed by atoms with E-state index in [4.69, 9.17) is 0 Å². The first-order chi connectivity index (χ1) is 14.0. The third kappa shape index (κ3) is 4.15. The number of nitrogens with one attached hydrogen (secondary N) is 1. The molecule has 3 aromatic rings. The summed E-state index contributed by atoms with van der Waals surface area (Å²) in [6.07, 6.45) is -0.0623. The number of amides is 2. The predicted molar refractivity (Wildman–Crippen MR) is 115 cm³/mol. The van der Waals surface area contributed by atoms with Gasteiger partial charge < -0.3 is 5.32 Å². The van der Waals surface area contributed by atoms with E-state index in [1.807, 2.05) is 31.2 Å². The molecule has 1 aliphatic heterocycles. The molecule has 1 N–H and O–H groups in total. The van der Waals surface area contributed by atoms with Gasteiger partial charge in [-0.3, -0.25) is 14.5 Å². The fourth-order valence-corrected chi connectivity index (χ4v) is 5.04. The van der Waals surface area contributed by atoms with Crippen molar-refractivity contribution in [3.63, 3.8) is 0 Å². The fraction of sp³-hybridized carbons (Fsp3) is 0.200. The van der Waals surface area contributed by atoms with E-state index < -0.39 is 17.0 Å². The molecule has 2 amide bonds. The number of hydrogen-bond acceptors (Lipinski definition) is 6. The Kier molecular flexibility index (Phi) is 5.59. The number of amidine groups is 1. The van der Waals surface area contributed by atoms with Gasteiger partial charge in [-0.05, 0) is 31.2 Å². The Hall–Kier alpha value is -2.78. The largest absolute Gasteiger partial charge is 0.324 e. The van der Waals surface area contributed by atoms with Crippen molar-refractivity contribution < 1.29 is 14.0 Å². The molecule has 0 saturated carbocycles. The molecule has 1 aromatic heterocycles. The topological polar surface area (TPSA) is 74.7 Å². The highest BCUT2D eigenvalue weighted by atomic mass is 32.2. The van der Waals surface area contributed by atoms with Gasteiger partial charge in [0.05, 0.1) is 15.9 Å². The average molecular weight is 429 g/mol. The van der Waals surface area contributed by atoms with Crippen molar-refractivity contribution in [2.24, 2.45) is 4.99 Å². The van der Waals surface area contributed by atoms with Crippen LogP contribution in [-0.2, 0) is 9.59 Å². The summed E-state index contributed by atoms with van der Waals surface area (Å²) in [6, 6.07) is 13.7. The van der Waals surface area contributed by atoms with Crippen molar-refractivity contribution in [2.45, 2.75) is 18.6 Å². The molecule has 1 unspecified atom stereocenters. The summed E-state index contributed by atoms with van der Waals surface area (Å²) in [5.41, 5.74) is 0.957. The van der Waals surface area contributed by atoms with Crippen LogP contribution < -0.4 is 5.32 Å². The number of carbonyl (C=O) groups is 2. The zero-order valence-electron chi connectivity index (χ0n) is 15.5. The third-order valence-electron chi connectivity index (χ3n) is 4.33. The molecule has 29 heavy (non-hydrogen) atoms. The molecular formula is C20H17FN4O2S2. The van der Waals surface area contributed by atoms with E-state index in [2.05, 4.69) is 15.3 Å². The van der Waals surface area contributed by atoms with Crippen LogP contribution in [-0.4, -0.2) is 38.7 Å². The van der Waals surface area contributed by atoms with E-state index in [9.17, 15) is 14.0 Å². The Bertz CT molecular complexity index is 1080. The molecule has 2 aromatic carbocycles. The second kappa shape index (κ2) is 8.30. The Morgan fingerprint density at radius 3 is 2.76 bits per heavy atom. The van der Waals surface area contributed by atoms with Crippen LogP contribution in [0, 0.1) is 5.82 Å². The number of halogens is 1. The van der Waals surface area contributed by atoms with Crippen LogP contribution in [0.25, 0.3) is 10.2 Å². The predicted octanol–water partition coefficient (Wildman–Crippen LogP) is 4.42. The van der Waals surface area contributed by atoms with Gasteiger partial charge in [-0.1, -0.05) is 47.4 Å². The number of thiazole rings is 1. The highest BCUT2D eigenvalue weighted by Crippen LogP contribution is 2.34. The second-order valence-electron chi connectivity index (χ2n) is 6.28. The monoisotopic (exact) mass is 428 g/mol. The van der Waals surface area contributed by atoms with Crippen molar-refractivity contribution >= 4 is 61.1 Å². The minimum absolute atomic E-state index is 0.0623. The molecular weight excluding hydrogens is 411 g/mol. The lowest BCUT2D eigenvalue weighted by Gasteiger charge is -2.13. The van der Waals surface area contributed by atoms with E-state index in [-0.39, 0.29) is 18.0 Å². The summed E-state index contributed by atoms with van der Waals surface area (Å²) in [7, 11) is 0. The van der Waals surface area contributed by atoms with Gasteiger partial charge in [0.15, 0.2) is 5.17 Å². The van der Waals surface area contributed by atoms with Crippen molar-refractivity contribution in [3.8, 4) is 0 Å². The maximum absolute atomic E-state index is 13.7. The van der Waals surface area contributed by atoms with Gasteiger partial charge in [-0.2, -0.15) is 4.99 Å². The maximum atomic E-state index is 13.7. The number of nitrogens with zero attached hydrogens (tertiary/aromatic N) is 3. The fourth-order valence-electron chi connectivity index (χ4n) is 2.94.